The Labute approximate surface area is 153 Å². The van der Waals surface area contributed by atoms with E-state index in [-0.39, 0.29) is 5.41 Å². The smallest absolute Gasteiger partial charge is 0.133 e. The van der Waals surface area contributed by atoms with E-state index in [1.165, 1.54) is 32.1 Å². The molecule has 2 nitrogen and oxygen atoms in total. The van der Waals surface area contributed by atoms with Crippen molar-refractivity contribution in [2.24, 2.45) is 40.4 Å². The lowest BCUT2D eigenvalue weighted by molar-refractivity contribution is -0.144. The molecule has 25 heavy (non-hydrogen) atoms. The second-order valence-corrected chi connectivity index (χ2v) is 10.3. The van der Waals surface area contributed by atoms with Crippen molar-refractivity contribution in [2.75, 3.05) is 0 Å². The molecule has 1 unspecified atom stereocenters. The van der Waals surface area contributed by atoms with Gasteiger partial charge in [0, 0.05) is 5.92 Å². The molecule has 0 aromatic carbocycles. The molecule has 0 amide bonds. The SMILES string of the molecule is C#C[C@@]1(O)CC[C@@]2(C)C(CC[C@H]3[C@@H]4CC[C@H](C(C)=O)[C@@]4(C)CC[C@@H]32)C1. The van der Waals surface area contributed by atoms with E-state index >= 15 is 0 Å². The van der Waals surface area contributed by atoms with Gasteiger partial charge in [-0.1, -0.05) is 19.8 Å². The molecule has 0 aromatic rings. The van der Waals surface area contributed by atoms with E-state index in [2.05, 4.69) is 19.8 Å². The van der Waals surface area contributed by atoms with Crippen LogP contribution in [0.4, 0.5) is 0 Å². The van der Waals surface area contributed by atoms with E-state index in [1.807, 2.05) is 6.92 Å². The minimum absolute atomic E-state index is 0.240. The molecule has 0 spiro atoms. The molecule has 8 atom stereocenters. The van der Waals surface area contributed by atoms with Crippen LogP contribution in [0.15, 0.2) is 0 Å². The highest BCUT2D eigenvalue weighted by Crippen LogP contribution is 2.68. The monoisotopic (exact) mass is 342 g/mol. The van der Waals surface area contributed by atoms with Crippen molar-refractivity contribution < 1.29 is 9.90 Å². The van der Waals surface area contributed by atoms with E-state index in [1.54, 1.807) is 0 Å². The molecule has 0 aromatic heterocycles. The Morgan fingerprint density at radius 3 is 2.40 bits per heavy atom. The van der Waals surface area contributed by atoms with Crippen molar-refractivity contribution in [1.82, 2.24) is 0 Å². The predicted octanol–water partition coefficient (Wildman–Crippen LogP) is 4.60. The summed E-state index contributed by atoms with van der Waals surface area (Å²) < 4.78 is 0. The minimum atomic E-state index is -0.868. The molecule has 4 rings (SSSR count). The fraction of sp³-hybridized carbons (Fsp3) is 0.870. The van der Waals surface area contributed by atoms with Crippen LogP contribution in [0.5, 0.6) is 0 Å². The molecule has 0 bridgehead atoms. The highest BCUT2D eigenvalue weighted by molar-refractivity contribution is 5.79. The second-order valence-electron chi connectivity index (χ2n) is 10.3. The lowest BCUT2D eigenvalue weighted by Crippen LogP contribution is -2.55. The van der Waals surface area contributed by atoms with Gasteiger partial charge in [0.25, 0.3) is 0 Å². The number of rotatable bonds is 1. The number of ketones is 1. The van der Waals surface area contributed by atoms with Crippen LogP contribution in [0.25, 0.3) is 0 Å². The first kappa shape index (κ1) is 17.6. The Bertz CT molecular complexity index is 618. The predicted molar refractivity (Wildman–Crippen MR) is 99.7 cm³/mol. The van der Waals surface area contributed by atoms with Crippen LogP contribution in [0.1, 0.15) is 78.6 Å². The van der Waals surface area contributed by atoms with Gasteiger partial charge in [-0.25, -0.2) is 0 Å². The van der Waals surface area contributed by atoms with E-state index < -0.39 is 5.60 Å². The van der Waals surface area contributed by atoms with Crippen molar-refractivity contribution in [2.45, 2.75) is 84.2 Å². The Morgan fingerprint density at radius 2 is 1.72 bits per heavy atom. The van der Waals surface area contributed by atoms with Crippen molar-refractivity contribution in [3.8, 4) is 12.3 Å². The largest absolute Gasteiger partial charge is 0.378 e. The summed E-state index contributed by atoms with van der Waals surface area (Å²) in [7, 11) is 0. The Hall–Kier alpha value is -0.810. The normalized spacial score (nSPS) is 54.8. The van der Waals surface area contributed by atoms with Gasteiger partial charge in [0.2, 0.25) is 0 Å². The number of Topliss-reactive ketones (excluding diaryl/α,β-unsaturated/α-hetero) is 1. The van der Waals surface area contributed by atoms with Crippen LogP contribution in [-0.2, 0) is 4.79 Å². The number of carbonyl (C=O) groups excluding carboxylic acids is 1. The molecule has 2 heteroatoms. The maximum Gasteiger partial charge on any atom is 0.133 e. The number of fused-ring (bicyclic) bond motifs is 5. The van der Waals surface area contributed by atoms with Crippen LogP contribution >= 0.6 is 0 Å². The molecule has 138 valence electrons. The Kier molecular flexibility index (Phi) is 3.94. The van der Waals surface area contributed by atoms with Crippen LogP contribution in [-0.4, -0.2) is 16.5 Å². The molecule has 4 aliphatic carbocycles. The average molecular weight is 343 g/mol. The molecule has 0 saturated heterocycles. The number of hydrogen-bond acceptors (Lipinski definition) is 2. The van der Waals surface area contributed by atoms with Crippen LogP contribution < -0.4 is 0 Å². The van der Waals surface area contributed by atoms with E-state index in [0.717, 1.165) is 43.4 Å². The van der Waals surface area contributed by atoms with Crippen LogP contribution in [0.2, 0.25) is 0 Å². The summed E-state index contributed by atoms with van der Waals surface area (Å²) in [5.41, 5.74) is -0.292. The topological polar surface area (TPSA) is 37.3 Å². The summed E-state index contributed by atoms with van der Waals surface area (Å²) in [5, 5.41) is 10.6. The van der Waals surface area contributed by atoms with E-state index in [9.17, 15) is 9.90 Å². The second kappa shape index (κ2) is 5.59. The van der Waals surface area contributed by atoms with Crippen molar-refractivity contribution in [1.29, 1.82) is 0 Å². The summed E-state index contributed by atoms with van der Waals surface area (Å²) in [5.74, 6) is 6.23. The van der Waals surface area contributed by atoms with Crippen molar-refractivity contribution in [3.63, 3.8) is 0 Å². The maximum atomic E-state index is 12.2. The lowest BCUT2D eigenvalue weighted by Gasteiger charge is -2.61. The molecule has 0 aliphatic heterocycles. The van der Waals surface area contributed by atoms with E-state index in [4.69, 9.17) is 6.42 Å². The molecular weight excluding hydrogens is 308 g/mol. The minimum Gasteiger partial charge on any atom is -0.378 e. The maximum absolute atomic E-state index is 12.2. The quantitative estimate of drug-likeness (QED) is 0.707. The molecule has 0 heterocycles. The number of hydrogen-bond donors (Lipinski definition) is 1. The van der Waals surface area contributed by atoms with Gasteiger partial charge >= 0.3 is 0 Å². The summed E-state index contributed by atoms with van der Waals surface area (Å²) in [4.78, 5) is 12.2. The average Bonchev–Trinajstić information content (AvgIpc) is 2.93. The first-order valence-corrected chi connectivity index (χ1v) is 10.4. The standard InChI is InChI=1S/C23H34O2/c1-5-23(25)13-12-21(3)16(14-23)6-7-17-19-9-8-18(15(2)24)22(19,4)11-10-20(17)21/h1,16-20,25H,6-14H2,2-4H3/t16?,17-,18+,19-,20-,21-,22+,23+/m0/s1. The first-order valence-electron chi connectivity index (χ1n) is 10.4. The van der Waals surface area contributed by atoms with Crippen molar-refractivity contribution >= 4 is 5.78 Å². The Morgan fingerprint density at radius 1 is 1.00 bits per heavy atom. The summed E-state index contributed by atoms with van der Waals surface area (Å²) >= 11 is 0. The van der Waals surface area contributed by atoms with Crippen LogP contribution in [0, 0.1) is 52.8 Å². The molecule has 4 saturated carbocycles. The highest BCUT2D eigenvalue weighted by Gasteiger charge is 2.61. The molecular formula is C23H34O2. The third-order valence-corrected chi connectivity index (χ3v) is 9.49. The zero-order chi connectivity index (χ0) is 18.0. The first-order chi connectivity index (χ1) is 11.7. The fourth-order valence-electron chi connectivity index (χ4n) is 8.04. The van der Waals surface area contributed by atoms with Gasteiger partial charge in [-0.05, 0) is 99.2 Å². The summed E-state index contributed by atoms with van der Waals surface area (Å²) in [6.07, 6.45) is 15.6. The van der Waals surface area contributed by atoms with Gasteiger partial charge in [0.15, 0.2) is 0 Å². The molecule has 1 N–H and O–H groups in total. The van der Waals surface area contributed by atoms with Gasteiger partial charge in [0.05, 0.1) is 0 Å². The van der Waals surface area contributed by atoms with Gasteiger partial charge < -0.3 is 5.11 Å². The summed E-state index contributed by atoms with van der Waals surface area (Å²) in [6.45, 7) is 6.72. The highest BCUT2D eigenvalue weighted by atomic mass is 16.3. The summed E-state index contributed by atoms with van der Waals surface area (Å²) in [6, 6.07) is 0. The lowest BCUT2D eigenvalue weighted by atomic mass is 9.44. The van der Waals surface area contributed by atoms with E-state index in [0.29, 0.717) is 23.0 Å². The zero-order valence-electron chi connectivity index (χ0n) is 16.2. The van der Waals surface area contributed by atoms with Gasteiger partial charge in [-0.2, -0.15) is 0 Å². The van der Waals surface area contributed by atoms with Gasteiger partial charge in [-0.15, -0.1) is 6.42 Å². The molecule has 0 radical (unpaired) electrons. The number of terminal acetylenes is 1. The van der Waals surface area contributed by atoms with Crippen molar-refractivity contribution in [3.05, 3.63) is 0 Å². The molecule has 4 aliphatic rings. The van der Waals surface area contributed by atoms with Gasteiger partial charge in [0.1, 0.15) is 11.4 Å². The van der Waals surface area contributed by atoms with Gasteiger partial charge in [-0.3, -0.25) is 4.79 Å². The number of carbonyl (C=O) groups is 1. The Balaban J connectivity index is 1.60. The molecule has 4 fully saturated rings. The fourth-order valence-corrected chi connectivity index (χ4v) is 8.04. The number of aliphatic hydroxyl groups is 1. The van der Waals surface area contributed by atoms with Crippen LogP contribution in [0.3, 0.4) is 0 Å². The zero-order valence-corrected chi connectivity index (χ0v) is 16.2. The third kappa shape index (κ3) is 2.38. The third-order valence-electron chi connectivity index (χ3n) is 9.49.